The van der Waals surface area contributed by atoms with Gasteiger partial charge in [-0.2, -0.15) is 4.98 Å². The fraction of sp³-hybridized carbons (Fsp3) is 0.316. The molecule has 0 radical (unpaired) electrons. The molecule has 28 heavy (non-hydrogen) atoms. The second-order valence-electron chi connectivity index (χ2n) is 6.38. The minimum absolute atomic E-state index is 0.0774. The van der Waals surface area contributed by atoms with Crippen LogP contribution in [0.3, 0.4) is 0 Å². The SMILES string of the molecule is CSc1nc(C)c(CC(=O)NC(C)c2nc(-c3ccccc3C)no2)c(=O)[nH]1. The standard InChI is InChI=1S/C19H21N5O3S/c1-10-7-5-6-8-13(10)16-22-18(27-24-16)12(3)20-15(25)9-14-11(2)21-19(28-4)23-17(14)26/h5-8,12H,9H2,1-4H3,(H,20,25)(H,21,23,26). The van der Waals surface area contributed by atoms with Crippen molar-refractivity contribution >= 4 is 17.7 Å². The first-order valence-corrected chi connectivity index (χ1v) is 9.94. The Morgan fingerprint density at radius 1 is 1.29 bits per heavy atom. The van der Waals surface area contributed by atoms with Gasteiger partial charge in [-0.15, -0.1) is 0 Å². The number of hydrogen-bond donors (Lipinski definition) is 2. The van der Waals surface area contributed by atoms with E-state index in [2.05, 4.69) is 25.4 Å². The number of aromatic amines is 1. The van der Waals surface area contributed by atoms with Crippen molar-refractivity contribution in [2.45, 2.75) is 38.4 Å². The maximum absolute atomic E-state index is 12.4. The minimum Gasteiger partial charge on any atom is -0.344 e. The van der Waals surface area contributed by atoms with Gasteiger partial charge in [0.05, 0.1) is 6.42 Å². The zero-order valence-electron chi connectivity index (χ0n) is 16.1. The van der Waals surface area contributed by atoms with Crippen LogP contribution >= 0.6 is 11.8 Å². The van der Waals surface area contributed by atoms with Crippen molar-refractivity contribution in [2.24, 2.45) is 0 Å². The highest BCUT2D eigenvalue weighted by molar-refractivity contribution is 7.98. The number of rotatable bonds is 6. The molecule has 2 N–H and O–H groups in total. The van der Waals surface area contributed by atoms with Gasteiger partial charge >= 0.3 is 0 Å². The molecule has 0 aliphatic heterocycles. The van der Waals surface area contributed by atoms with E-state index in [-0.39, 0.29) is 17.9 Å². The lowest BCUT2D eigenvalue weighted by Crippen LogP contribution is -2.31. The lowest BCUT2D eigenvalue weighted by Gasteiger charge is -2.10. The summed E-state index contributed by atoms with van der Waals surface area (Å²) in [6, 6.07) is 7.23. The smallest absolute Gasteiger partial charge is 0.255 e. The van der Waals surface area contributed by atoms with Crippen LogP contribution in [0, 0.1) is 13.8 Å². The number of H-pyrrole nitrogens is 1. The molecule has 2 heterocycles. The number of aromatic nitrogens is 4. The number of aryl methyl sites for hydroxylation is 2. The van der Waals surface area contributed by atoms with Gasteiger partial charge in [0.2, 0.25) is 17.6 Å². The van der Waals surface area contributed by atoms with Gasteiger partial charge in [-0.25, -0.2) is 4.98 Å². The van der Waals surface area contributed by atoms with Crippen LogP contribution in [0.25, 0.3) is 11.4 Å². The largest absolute Gasteiger partial charge is 0.344 e. The van der Waals surface area contributed by atoms with Gasteiger partial charge in [-0.3, -0.25) is 9.59 Å². The molecule has 1 unspecified atom stereocenters. The Balaban J connectivity index is 1.70. The molecular formula is C19H21N5O3S. The number of hydrogen-bond acceptors (Lipinski definition) is 7. The molecule has 3 rings (SSSR count). The monoisotopic (exact) mass is 399 g/mol. The molecule has 0 bridgehead atoms. The highest BCUT2D eigenvalue weighted by Gasteiger charge is 2.20. The molecule has 0 spiro atoms. The molecule has 0 saturated heterocycles. The van der Waals surface area contributed by atoms with Gasteiger partial charge in [0, 0.05) is 16.8 Å². The van der Waals surface area contributed by atoms with Gasteiger partial charge in [-0.05, 0) is 32.6 Å². The van der Waals surface area contributed by atoms with Crippen molar-refractivity contribution in [2.75, 3.05) is 6.26 Å². The van der Waals surface area contributed by atoms with Gasteiger partial charge in [0.15, 0.2) is 5.16 Å². The van der Waals surface area contributed by atoms with Crippen molar-refractivity contribution in [3.63, 3.8) is 0 Å². The molecule has 0 aliphatic carbocycles. The van der Waals surface area contributed by atoms with Crippen LogP contribution in [-0.2, 0) is 11.2 Å². The molecular weight excluding hydrogens is 378 g/mol. The molecule has 0 fully saturated rings. The predicted molar refractivity (Wildman–Crippen MR) is 106 cm³/mol. The van der Waals surface area contributed by atoms with Crippen LogP contribution in [0.1, 0.15) is 35.7 Å². The molecule has 1 aromatic carbocycles. The molecule has 0 aliphatic rings. The first-order valence-electron chi connectivity index (χ1n) is 8.71. The maximum Gasteiger partial charge on any atom is 0.255 e. The Kier molecular flexibility index (Phi) is 5.93. The van der Waals surface area contributed by atoms with Crippen LogP contribution in [0.5, 0.6) is 0 Å². The lowest BCUT2D eigenvalue weighted by molar-refractivity contribution is -0.121. The third-order valence-corrected chi connectivity index (χ3v) is 4.89. The number of thioether (sulfide) groups is 1. The zero-order valence-corrected chi connectivity index (χ0v) is 16.9. The van der Waals surface area contributed by atoms with Gasteiger partial charge < -0.3 is 14.8 Å². The van der Waals surface area contributed by atoms with E-state index in [0.717, 1.165) is 11.1 Å². The fourth-order valence-corrected chi connectivity index (χ4v) is 3.17. The van der Waals surface area contributed by atoms with Gasteiger partial charge in [0.1, 0.15) is 6.04 Å². The molecule has 8 nitrogen and oxygen atoms in total. The van der Waals surface area contributed by atoms with Crippen molar-refractivity contribution in [3.05, 3.63) is 57.3 Å². The lowest BCUT2D eigenvalue weighted by atomic mass is 10.1. The Morgan fingerprint density at radius 3 is 2.71 bits per heavy atom. The number of carbonyl (C=O) groups excluding carboxylic acids is 1. The normalized spacial score (nSPS) is 12.0. The Morgan fingerprint density at radius 2 is 2.04 bits per heavy atom. The van der Waals surface area contributed by atoms with E-state index < -0.39 is 6.04 Å². The van der Waals surface area contributed by atoms with Crippen LogP contribution in [-0.4, -0.2) is 32.3 Å². The quantitative estimate of drug-likeness (QED) is 0.484. The van der Waals surface area contributed by atoms with Crippen LogP contribution < -0.4 is 10.9 Å². The predicted octanol–water partition coefficient (Wildman–Crippen LogP) is 2.58. The number of amides is 1. The third-order valence-electron chi connectivity index (χ3n) is 4.31. The molecule has 3 aromatic rings. The van der Waals surface area contributed by atoms with E-state index in [1.165, 1.54) is 11.8 Å². The van der Waals surface area contributed by atoms with E-state index in [4.69, 9.17) is 4.52 Å². The second-order valence-corrected chi connectivity index (χ2v) is 7.17. The number of carbonyl (C=O) groups is 1. The second kappa shape index (κ2) is 8.39. The minimum atomic E-state index is -0.490. The van der Waals surface area contributed by atoms with Crippen LogP contribution in [0.4, 0.5) is 0 Å². The van der Waals surface area contributed by atoms with Crippen LogP contribution in [0.2, 0.25) is 0 Å². The zero-order chi connectivity index (χ0) is 20.3. The summed E-state index contributed by atoms with van der Waals surface area (Å²) in [5.41, 5.74) is 2.48. The number of nitrogens with one attached hydrogen (secondary N) is 2. The summed E-state index contributed by atoms with van der Waals surface area (Å²) in [4.78, 5) is 35.9. The molecule has 9 heteroatoms. The van der Waals surface area contributed by atoms with E-state index in [9.17, 15) is 9.59 Å². The molecule has 0 saturated carbocycles. The maximum atomic E-state index is 12.4. The van der Waals surface area contributed by atoms with Crippen molar-refractivity contribution in [1.82, 2.24) is 25.4 Å². The summed E-state index contributed by atoms with van der Waals surface area (Å²) in [7, 11) is 0. The first kappa shape index (κ1) is 19.8. The van der Waals surface area contributed by atoms with E-state index in [1.54, 1.807) is 13.8 Å². The Hall–Kier alpha value is -2.94. The van der Waals surface area contributed by atoms with E-state index in [1.807, 2.05) is 37.4 Å². The molecule has 1 atom stereocenters. The molecule has 2 aromatic heterocycles. The fourth-order valence-electron chi connectivity index (χ4n) is 2.75. The van der Waals surface area contributed by atoms with E-state index >= 15 is 0 Å². The van der Waals surface area contributed by atoms with Crippen molar-refractivity contribution < 1.29 is 9.32 Å². The number of benzene rings is 1. The van der Waals surface area contributed by atoms with E-state index in [0.29, 0.717) is 28.1 Å². The third kappa shape index (κ3) is 4.30. The summed E-state index contributed by atoms with van der Waals surface area (Å²) >= 11 is 1.34. The summed E-state index contributed by atoms with van der Waals surface area (Å²) in [6.45, 7) is 5.43. The summed E-state index contributed by atoms with van der Waals surface area (Å²) in [5, 5.41) is 7.31. The Labute approximate surface area is 166 Å². The van der Waals surface area contributed by atoms with Crippen molar-refractivity contribution in [3.8, 4) is 11.4 Å². The average molecular weight is 399 g/mol. The summed E-state index contributed by atoms with van der Waals surface area (Å²) in [5.74, 6) is 0.446. The highest BCUT2D eigenvalue weighted by atomic mass is 32.2. The van der Waals surface area contributed by atoms with Crippen LogP contribution in [0.15, 0.2) is 38.7 Å². The molecule has 146 valence electrons. The summed E-state index contributed by atoms with van der Waals surface area (Å²) in [6.07, 6.45) is 1.74. The van der Waals surface area contributed by atoms with Gasteiger partial charge in [-0.1, -0.05) is 41.2 Å². The highest BCUT2D eigenvalue weighted by Crippen LogP contribution is 2.21. The first-order chi connectivity index (χ1) is 13.4. The summed E-state index contributed by atoms with van der Waals surface area (Å²) < 4.78 is 5.31. The Bertz CT molecular complexity index is 1060. The average Bonchev–Trinajstić information content (AvgIpc) is 3.15. The van der Waals surface area contributed by atoms with Gasteiger partial charge in [0.25, 0.3) is 5.56 Å². The number of nitrogens with zero attached hydrogens (tertiary/aromatic N) is 3. The molecule has 1 amide bonds. The topological polar surface area (TPSA) is 114 Å². The van der Waals surface area contributed by atoms with Crippen molar-refractivity contribution in [1.29, 1.82) is 0 Å².